The van der Waals surface area contributed by atoms with Crippen molar-refractivity contribution in [1.29, 1.82) is 0 Å². The molecule has 1 fully saturated rings. The lowest BCUT2D eigenvalue weighted by Gasteiger charge is -2.14. The maximum atomic E-state index is 14.4. The van der Waals surface area contributed by atoms with Gasteiger partial charge >= 0.3 is 0 Å². The molecule has 1 aromatic carbocycles. The van der Waals surface area contributed by atoms with E-state index in [1.54, 1.807) is 0 Å². The molecule has 1 aromatic heterocycles. The van der Waals surface area contributed by atoms with Gasteiger partial charge in [-0.15, -0.1) is 0 Å². The molecule has 0 N–H and O–H groups in total. The standard InChI is InChI=1S/C29H43FN2O/c1-2-3-4-12-21-27(30)23-33-29-26(20-9-6-5-8-15-24-16-13-14-17-24)22-31-28(32-29)25-18-10-7-11-19-25/h7,10-11,18-19,22,24,27H,2-6,8-9,12-17,20-21,23H2,1H3. The molecule has 1 unspecified atom stereocenters. The van der Waals surface area contributed by atoms with Gasteiger partial charge in [-0.1, -0.05) is 114 Å². The number of hydrogen-bond acceptors (Lipinski definition) is 3. The maximum Gasteiger partial charge on any atom is 0.220 e. The van der Waals surface area contributed by atoms with Gasteiger partial charge in [0.1, 0.15) is 12.8 Å². The van der Waals surface area contributed by atoms with Crippen molar-refractivity contribution in [1.82, 2.24) is 9.97 Å². The molecule has 0 spiro atoms. The number of aromatic nitrogens is 2. The molecule has 3 nitrogen and oxygen atoms in total. The van der Waals surface area contributed by atoms with Crippen molar-refractivity contribution < 1.29 is 9.13 Å². The SMILES string of the molecule is CCCCCCC(F)COc1nc(-c2ccccc2)ncc1CCCCCCC1CCCC1. The molecule has 182 valence electrons. The number of ether oxygens (including phenoxy) is 1. The van der Waals surface area contributed by atoms with Crippen molar-refractivity contribution in [3.05, 3.63) is 42.1 Å². The van der Waals surface area contributed by atoms with Crippen LogP contribution in [0.3, 0.4) is 0 Å². The van der Waals surface area contributed by atoms with Crippen molar-refractivity contribution >= 4 is 0 Å². The first-order chi connectivity index (χ1) is 16.3. The van der Waals surface area contributed by atoms with E-state index in [1.807, 2.05) is 36.5 Å². The summed E-state index contributed by atoms with van der Waals surface area (Å²) in [5.74, 6) is 2.19. The van der Waals surface area contributed by atoms with E-state index < -0.39 is 6.17 Å². The van der Waals surface area contributed by atoms with Gasteiger partial charge < -0.3 is 4.74 Å². The number of alkyl halides is 1. The second-order valence-electron chi connectivity index (χ2n) is 9.75. The minimum Gasteiger partial charge on any atom is -0.474 e. The molecule has 0 radical (unpaired) electrons. The minimum atomic E-state index is -0.944. The second kappa shape index (κ2) is 15.0. The lowest BCUT2D eigenvalue weighted by molar-refractivity contribution is 0.177. The first-order valence-electron chi connectivity index (χ1n) is 13.4. The third-order valence-corrected chi connectivity index (χ3v) is 6.91. The van der Waals surface area contributed by atoms with E-state index in [9.17, 15) is 4.39 Å². The molecule has 0 bridgehead atoms. The van der Waals surface area contributed by atoms with E-state index in [-0.39, 0.29) is 6.61 Å². The summed E-state index contributed by atoms with van der Waals surface area (Å²) >= 11 is 0. The summed E-state index contributed by atoms with van der Waals surface area (Å²) in [5.41, 5.74) is 1.96. The first-order valence-corrected chi connectivity index (χ1v) is 13.4. The lowest BCUT2D eigenvalue weighted by Crippen LogP contribution is -2.15. The first kappa shape index (κ1) is 25.6. The Balaban J connectivity index is 1.51. The fourth-order valence-electron chi connectivity index (χ4n) is 4.86. The third-order valence-electron chi connectivity index (χ3n) is 6.91. The molecule has 0 amide bonds. The van der Waals surface area contributed by atoms with Crippen LogP contribution in [0, 0.1) is 5.92 Å². The number of halogens is 1. The lowest BCUT2D eigenvalue weighted by atomic mass is 9.99. The van der Waals surface area contributed by atoms with E-state index in [2.05, 4.69) is 11.9 Å². The Kier molecular flexibility index (Phi) is 11.7. The molecule has 33 heavy (non-hydrogen) atoms. The van der Waals surface area contributed by atoms with Crippen LogP contribution in [0.5, 0.6) is 5.88 Å². The summed E-state index contributed by atoms with van der Waals surface area (Å²) in [6.07, 6.45) is 18.9. The van der Waals surface area contributed by atoms with Crippen LogP contribution in [-0.4, -0.2) is 22.7 Å². The summed E-state index contributed by atoms with van der Waals surface area (Å²) in [5, 5.41) is 0. The van der Waals surface area contributed by atoms with Crippen LogP contribution in [0.4, 0.5) is 4.39 Å². The fraction of sp³-hybridized carbons (Fsp3) is 0.655. The van der Waals surface area contributed by atoms with Crippen molar-refractivity contribution in [2.75, 3.05) is 6.61 Å². The number of unbranched alkanes of at least 4 members (excludes halogenated alkanes) is 6. The normalized spacial score (nSPS) is 15.1. The van der Waals surface area contributed by atoms with Gasteiger partial charge in [0.05, 0.1) is 0 Å². The molecule has 1 heterocycles. The van der Waals surface area contributed by atoms with Gasteiger partial charge in [0.15, 0.2) is 5.82 Å². The summed E-state index contributed by atoms with van der Waals surface area (Å²) in [4.78, 5) is 9.28. The summed E-state index contributed by atoms with van der Waals surface area (Å²) in [6, 6.07) is 9.93. The van der Waals surface area contributed by atoms with Crippen molar-refractivity contribution in [3.63, 3.8) is 0 Å². The largest absolute Gasteiger partial charge is 0.474 e. The van der Waals surface area contributed by atoms with Gasteiger partial charge in [0.2, 0.25) is 5.88 Å². The number of aryl methyl sites for hydroxylation is 1. The minimum absolute atomic E-state index is 0.0752. The van der Waals surface area contributed by atoms with E-state index in [1.165, 1.54) is 64.2 Å². The topological polar surface area (TPSA) is 35.0 Å². The van der Waals surface area contributed by atoms with Gasteiger partial charge in [-0.2, -0.15) is 4.98 Å². The molecule has 1 aliphatic carbocycles. The smallest absolute Gasteiger partial charge is 0.220 e. The predicted molar refractivity (Wildman–Crippen MR) is 135 cm³/mol. The molecular formula is C29H43FN2O. The van der Waals surface area contributed by atoms with Crippen LogP contribution >= 0.6 is 0 Å². The Morgan fingerprint density at radius 3 is 2.52 bits per heavy atom. The van der Waals surface area contributed by atoms with Crippen LogP contribution < -0.4 is 4.74 Å². The Bertz CT molecular complexity index is 776. The zero-order chi connectivity index (χ0) is 23.1. The van der Waals surface area contributed by atoms with Gasteiger partial charge in [-0.3, -0.25) is 0 Å². The molecule has 1 aliphatic rings. The van der Waals surface area contributed by atoms with Crippen molar-refractivity contribution in [2.45, 2.75) is 109 Å². The average molecular weight is 455 g/mol. The van der Waals surface area contributed by atoms with Crippen LogP contribution in [0.2, 0.25) is 0 Å². The van der Waals surface area contributed by atoms with Gasteiger partial charge in [-0.05, 0) is 25.2 Å². The Labute approximate surface area is 200 Å². The number of rotatable bonds is 16. The zero-order valence-corrected chi connectivity index (χ0v) is 20.6. The second-order valence-corrected chi connectivity index (χ2v) is 9.75. The van der Waals surface area contributed by atoms with Crippen LogP contribution in [0.1, 0.15) is 102 Å². The predicted octanol–water partition coefficient (Wildman–Crippen LogP) is 8.51. The van der Waals surface area contributed by atoms with E-state index in [0.717, 1.165) is 42.7 Å². The zero-order valence-electron chi connectivity index (χ0n) is 20.6. The fourth-order valence-corrected chi connectivity index (χ4v) is 4.86. The van der Waals surface area contributed by atoms with Crippen molar-refractivity contribution in [3.8, 4) is 17.3 Å². The monoisotopic (exact) mass is 454 g/mol. The molecule has 4 heteroatoms. The highest BCUT2D eigenvalue weighted by molar-refractivity contribution is 5.55. The summed E-state index contributed by atoms with van der Waals surface area (Å²) < 4.78 is 20.4. The maximum absolute atomic E-state index is 14.4. The van der Waals surface area contributed by atoms with E-state index >= 15 is 0 Å². The number of benzene rings is 1. The molecule has 1 atom stereocenters. The molecule has 2 aromatic rings. The van der Waals surface area contributed by atoms with E-state index in [0.29, 0.717) is 18.1 Å². The van der Waals surface area contributed by atoms with Crippen LogP contribution in [-0.2, 0) is 6.42 Å². The number of nitrogens with zero attached hydrogens (tertiary/aromatic N) is 2. The molecule has 0 saturated heterocycles. The molecule has 3 rings (SSSR count). The average Bonchev–Trinajstić information content (AvgIpc) is 3.37. The Hall–Kier alpha value is -1.97. The van der Waals surface area contributed by atoms with E-state index in [4.69, 9.17) is 9.72 Å². The van der Waals surface area contributed by atoms with Crippen molar-refractivity contribution in [2.24, 2.45) is 5.92 Å². The molecule has 1 saturated carbocycles. The summed E-state index contributed by atoms with van der Waals surface area (Å²) in [6.45, 7) is 2.25. The Morgan fingerprint density at radius 2 is 1.73 bits per heavy atom. The highest BCUT2D eigenvalue weighted by Gasteiger charge is 2.15. The number of hydrogen-bond donors (Lipinski definition) is 0. The summed E-state index contributed by atoms with van der Waals surface area (Å²) in [7, 11) is 0. The van der Waals surface area contributed by atoms with Crippen LogP contribution in [0.15, 0.2) is 36.5 Å². The van der Waals surface area contributed by atoms with Gasteiger partial charge in [0, 0.05) is 17.3 Å². The third kappa shape index (κ3) is 9.43. The molecule has 0 aliphatic heterocycles. The molecular weight excluding hydrogens is 411 g/mol. The highest BCUT2D eigenvalue weighted by atomic mass is 19.1. The quantitative estimate of drug-likeness (QED) is 0.238. The highest BCUT2D eigenvalue weighted by Crippen LogP contribution is 2.29. The van der Waals surface area contributed by atoms with Gasteiger partial charge in [0.25, 0.3) is 0 Å². The Morgan fingerprint density at radius 1 is 0.970 bits per heavy atom. The van der Waals surface area contributed by atoms with Crippen LogP contribution in [0.25, 0.3) is 11.4 Å². The van der Waals surface area contributed by atoms with Gasteiger partial charge in [-0.25, -0.2) is 9.37 Å².